The Kier molecular flexibility index (Phi) is 3.21. The van der Waals surface area contributed by atoms with E-state index in [1.807, 2.05) is 65.6 Å². The number of pyridine rings is 1. The number of aromatic amines is 1. The quantitative estimate of drug-likeness (QED) is 0.539. The summed E-state index contributed by atoms with van der Waals surface area (Å²) < 4.78 is 7.08. The molecule has 6 nitrogen and oxygen atoms in total. The number of rotatable bonds is 3. The van der Waals surface area contributed by atoms with Crippen LogP contribution in [0.1, 0.15) is 0 Å². The summed E-state index contributed by atoms with van der Waals surface area (Å²) in [6.07, 6.45) is 5.55. The molecular formula is C20H15N5O. The second-order valence-corrected chi connectivity index (χ2v) is 6.00. The number of ether oxygens (including phenoxy) is 1. The van der Waals surface area contributed by atoms with E-state index in [4.69, 9.17) is 9.84 Å². The number of nitrogens with one attached hydrogen (secondary N) is 1. The Morgan fingerprint density at radius 3 is 2.65 bits per heavy atom. The van der Waals surface area contributed by atoms with Crippen molar-refractivity contribution in [3.63, 3.8) is 0 Å². The predicted octanol–water partition coefficient (Wildman–Crippen LogP) is 3.95. The normalized spacial score (nSPS) is 11.3. The van der Waals surface area contributed by atoms with Gasteiger partial charge in [0.15, 0.2) is 5.65 Å². The first-order valence-electron chi connectivity index (χ1n) is 8.24. The van der Waals surface area contributed by atoms with Crippen LogP contribution >= 0.6 is 0 Å². The molecule has 4 aromatic heterocycles. The van der Waals surface area contributed by atoms with Crippen molar-refractivity contribution in [2.75, 3.05) is 7.11 Å². The highest BCUT2D eigenvalue weighted by Gasteiger charge is 2.10. The first-order chi connectivity index (χ1) is 12.8. The average Bonchev–Trinajstić information content (AvgIpc) is 3.33. The first-order valence-corrected chi connectivity index (χ1v) is 8.24. The zero-order valence-corrected chi connectivity index (χ0v) is 14.0. The highest BCUT2D eigenvalue weighted by atomic mass is 16.5. The summed E-state index contributed by atoms with van der Waals surface area (Å²) in [5.41, 5.74) is 5.44. The highest BCUT2D eigenvalue weighted by Crippen LogP contribution is 2.25. The molecule has 0 aliphatic heterocycles. The summed E-state index contributed by atoms with van der Waals surface area (Å²) in [6, 6.07) is 15.9. The second kappa shape index (κ2) is 5.70. The molecule has 126 valence electrons. The Hall–Kier alpha value is -3.67. The topological polar surface area (TPSA) is 68.1 Å². The van der Waals surface area contributed by atoms with Crippen LogP contribution in [0.2, 0.25) is 0 Å². The first kappa shape index (κ1) is 14.7. The third-order valence-electron chi connectivity index (χ3n) is 4.44. The molecule has 0 bridgehead atoms. The maximum atomic E-state index is 5.22. The fourth-order valence-corrected chi connectivity index (χ4v) is 3.07. The van der Waals surface area contributed by atoms with E-state index < -0.39 is 0 Å². The molecule has 6 heteroatoms. The van der Waals surface area contributed by atoms with Crippen molar-refractivity contribution < 1.29 is 4.74 Å². The van der Waals surface area contributed by atoms with E-state index >= 15 is 0 Å². The molecule has 0 spiro atoms. The molecule has 0 radical (unpaired) electrons. The number of H-pyrrole nitrogens is 1. The Morgan fingerprint density at radius 2 is 1.81 bits per heavy atom. The van der Waals surface area contributed by atoms with Gasteiger partial charge in [-0.25, -0.2) is 14.5 Å². The maximum Gasteiger partial charge on any atom is 0.154 e. The third kappa shape index (κ3) is 2.31. The van der Waals surface area contributed by atoms with Crippen LogP contribution in [-0.2, 0) is 0 Å². The molecule has 0 fully saturated rings. The van der Waals surface area contributed by atoms with Crippen molar-refractivity contribution in [1.82, 2.24) is 24.6 Å². The van der Waals surface area contributed by atoms with Gasteiger partial charge in [0.2, 0.25) is 0 Å². The number of hydrogen-bond acceptors (Lipinski definition) is 4. The van der Waals surface area contributed by atoms with E-state index in [1.165, 1.54) is 0 Å². The predicted molar refractivity (Wildman–Crippen MR) is 100 cm³/mol. The molecule has 5 aromatic rings. The fraction of sp³-hybridized carbons (Fsp3) is 0.0500. The lowest BCUT2D eigenvalue weighted by Crippen LogP contribution is -1.97. The van der Waals surface area contributed by atoms with Gasteiger partial charge >= 0.3 is 0 Å². The standard InChI is InChI=1S/C20H15N5O/c1-26-16-4-2-13(3-5-16)17-6-7-19-22-12-18(25(19)24-17)15-10-14-8-9-21-20(14)23-11-15/h2-12H,1H3,(H,21,23). The molecule has 5 rings (SSSR count). The molecule has 0 unspecified atom stereocenters. The Labute approximate surface area is 149 Å². The van der Waals surface area contributed by atoms with Gasteiger partial charge in [0.05, 0.1) is 24.7 Å². The SMILES string of the molecule is COc1ccc(-c2ccc3ncc(-c4cnc5[nH]ccc5c4)n3n2)cc1. The van der Waals surface area contributed by atoms with Crippen molar-refractivity contribution in [1.29, 1.82) is 0 Å². The lowest BCUT2D eigenvalue weighted by atomic mass is 10.1. The van der Waals surface area contributed by atoms with Gasteiger partial charge < -0.3 is 9.72 Å². The fourth-order valence-electron chi connectivity index (χ4n) is 3.07. The van der Waals surface area contributed by atoms with Crippen molar-refractivity contribution in [2.24, 2.45) is 0 Å². The lowest BCUT2D eigenvalue weighted by Gasteiger charge is -2.06. The molecule has 0 aliphatic rings. The third-order valence-corrected chi connectivity index (χ3v) is 4.44. The molecule has 0 saturated carbocycles. The molecule has 1 aromatic carbocycles. The molecular weight excluding hydrogens is 326 g/mol. The molecule has 0 atom stereocenters. The van der Waals surface area contributed by atoms with Crippen LogP contribution in [0.4, 0.5) is 0 Å². The molecule has 0 saturated heterocycles. The van der Waals surface area contributed by atoms with Crippen LogP contribution in [0, 0.1) is 0 Å². The summed E-state index contributed by atoms with van der Waals surface area (Å²) in [4.78, 5) is 12.0. The van der Waals surface area contributed by atoms with Crippen LogP contribution < -0.4 is 4.74 Å². The summed E-state index contributed by atoms with van der Waals surface area (Å²) in [6.45, 7) is 0. The largest absolute Gasteiger partial charge is 0.497 e. The number of nitrogens with zero attached hydrogens (tertiary/aromatic N) is 4. The van der Waals surface area contributed by atoms with E-state index in [-0.39, 0.29) is 0 Å². The van der Waals surface area contributed by atoms with Crippen molar-refractivity contribution in [2.45, 2.75) is 0 Å². The average molecular weight is 341 g/mol. The van der Waals surface area contributed by atoms with Crippen LogP contribution in [0.15, 0.2) is 67.1 Å². The summed E-state index contributed by atoms with van der Waals surface area (Å²) >= 11 is 0. The summed E-state index contributed by atoms with van der Waals surface area (Å²) in [5.74, 6) is 0.823. The monoisotopic (exact) mass is 341 g/mol. The number of aromatic nitrogens is 5. The lowest BCUT2D eigenvalue weighted by molar-refractivity contribution is 0.415. The minimum absolute atomic E-state index is 0.798. The van der Waals surface area contributed by atoms with E-state index in [2.05, 4.69) is 21.0 Å². The zero-order chi connectivity index (χ0) is 17.5. The van der Waals surface area contributed by atoms with Gasteiger partial charge in [-0.1, -0.05) is 0 Å². The number of imidazole rings is 1. The van der Waals surface area contributed by atoms with Gasteiger partial charge in [0.1, 0.15) is 11.4 Å². The van der Waals surface area contributed by atoms with Crippen LogP contribution in [0.25, 0.3) is 39.2 Å². The molecule has 4 heterocycles. The Balaban J connectivity index is 1.64. The van der Waals surface area contributed by atoms with Gasteiger partial charge in [-0.3, -0.25) is 0 Å². The van der Waals surface area contributed by atoms with Gasteiger partial charge in [-0.05, 0) is 48.5 Å². The van der Waals surface area contributed by atoms with Gasteiger partial charge in [0, 0.05) is 28.9 Å². The molecule has 0 aliphatic carbocycles. The van der Waals surface area contributed by atoms with E-state index in [0.717, 1.165) is 44.9 Å². The van der Waals surface area contributed by atoms with Crippen molar-refractivity contribution in [3.8, 4) is 28.3 Å². The maximum absolute atomic E-state index is 5.22. The van der Waals surface area contributed by atoms with Crippen molar-refractivity contribution >= 4 is 16.7 Å². The zero-order valence-electron chi connectivity index (χ0n) is 14.0. The number of benzene rings is 1. The van der Waals surface area contributed by atoms with E-state index in [0.29, 0.717) is 0 Å². The molecule has 1 N–H and O–H groups in total. The molecule has 26 heavy (non-hydrogen) atoms. The second-order valence-electron chi connectivity index (χ2n) is 6.00. The van der Waals surface area contributed by atoms with Gasteiger partial charge in [0.25, 0.3) is 0 Å². The number of fused-ring (bicyclic) bond motifs is 2. The smallest absolute Gasteiger partial charge is 0.154 e. The number of hydrogen-bond donors (Lipinski definition) is 1. The minimum atomic E-state index is 0.798. The van der Waals surface area contributed by atoms with Gasteiger partial charge in [-0.2, -0.15) is 5.10 Å². The van der Waals surface area contributed by atoms with Crippen LogP contribution in [-0.4, -0.2) is 31.7 Å². The van der Waals surface area contributed by atoms with Crippen molar-refractivity contribution in [3.05, 3.63) is 67.1 Å². The van der Waals surface area contributed by atoms with Crippen LogP contribution in [0.3, 0.4) is 0 Å². The van der Waals surface area contributed by atoms with E-state index in [9.17, 15) is 0 Å². The Bertz CT molecular complexity index is 1220. The Morgan fingerprint density at radius 1 is 0.923 bits per heavy atom. The minimum Gasteiger partial charge on any atom is -0.497 e. The summed E-state index contributed by atoms with van der Waals surface area (Å²) in [7, 11) is 1.66. The molecule has 0 amide bonds. The van der Waals surface area contributed by atoms with Gasteiger partial charge in [-0.15, -0.1) is 0 Å². The van der Waals surface area contributed by atoms with Crippen LogP contribution in [0.5, 0.6) is 5.75 Å². The van der Waals surface area contributed by atoms with E-state index in [1.54, 1.807) is 7.11 Å². The summed E-state index contributed by atoms with van der Waals surface area (Å²) in [5, 5.41) is 5.84. The highest BCUT2D eigenvalue weighted by molar-refractivity contribution is 5.81. The number of methoxy groups -OCH3 is 1.